The van der Waals surface area contributed by atoms with E-state index in [1.165, 1.54) is 25.3 Å². The average molecular weight is 414 g/mol. The summed E-state index contributed by atoms with van der Waals surface area (Å²) in [6.45, 7) is 1.58. The van der Waals surface area contributed by atoms with Crippen LogP contribution >= 0.6 is 0 Å². The van der Waals surface area contributed by atoms with E-state index in [4.69, 9.17) is 9.47 Å². The first-order valence-corrected chi connectivity index (χ1v) is 9.24. The molecule has 1 amide bonds. The molecule has 30 heavy (non-hydrogen) atoms. The lowest BCUT2D eigenvalue weighted by Gasteiger charge is -2.08. The molecule has 2 rings (SSSR count). The number of ketones is 1. The van der Waals surface area contributed by atoms with Gasteiger partial charge in [-0.25, -0.2) is 0 Å². The Kier molecular flexibility index (Phi) is 8.04. The van der Waals surface area contributed by atoms with Crippen molar-refractivity contribution in [3.05, 3.63) is 63.7 Å². The number of esters is 1. The number of nitro benzene ring substituents is 1. The van der Waals surface area contributed by atoms with Gasteiger partial charge in [0, 0.05) is 12.0 Å². The predicted molar refractivity (Wildman–Crippen MR) is 109 cm³/mol. The number of amides is 1. The molecule has 0 radical (unpaired) electrons. The number of methoxy groups -OCH3 is 1. The smallest absolute Gasteiger partial charge is 0.306 e. The van der Waals surface area contributed by atoms with Crippen LogP contribution in [-0.2, 0) is 20.7 Å². The zero-order chi connectivity index (χ0) is 22.1. The van der Waals surface area contributed by atoms with Gasteiger partial charge in [-0.05, 0) is 24.1 Å². The Balaban J connectivity index is 1.82. The van der Waals surface area contributed by atoms with E-state index in [9.17, 15) is 24.5 Å². The summed E-state index contributed by atoms with van der Waals surface area (Å²) in [5.41, 5.74) is 1.19. The molecule has 0 unspecified atom stereocenters. The van der Waals surface area contributed by atoms with Gasteiger partial charge in [0.15, 0.2) is 12.4 Å². The van der Waals surface area contributed by atoms with Crippen molar-refractivity contribution < 1.29 is 28.8 Å². The standard InChI is InChI=1S/C21H22N2O7/c1-3-14-4-6-15(7-5-14)19(24)13-30-21(26)11-10-20(25)22-17-9-8-16(29-2)12-18(17)23(27)28/h4-9,12H,3,10-11,13H2,1-2H3,(H,22,25). The molecule has 0 atom stereocenters. The summed E-state index contributed by atoms with van der Waals surface area (Å²) in [5, 5.41) is 13.5. The Labute approximate surface area is 173 Å². The zero-order valence-electron chi connectivity index (χ0n) is 16.7. The highest BCUT2D eigenvalue weighted by molar-refractivity contribution is 5.98. The summed E-state index contributed by atoms with van der Waals surface area (Å²) in [4.78, 5) is 46.4. The molecular weight excluding hydrogens is 392 g/mol. The third kappa shape index (κ3) is 6.40. The minimum absolute atomic E-state index is 0.00938. The second-order valence-electron chi connectivity index (χ2n) is 6.32. The van der Waals surface area contributed by atoms with Crippen LogP contribution in [0.3, 0.4) is 0 Å². The SMILES string of the molecule is CCc1ccc(C(=O)COC(=O)CCC(=O)Nc2ccc(OC)cc2[N+](=O)[O-])cc1. The number of ether oxygens (including phenoxy) is 2. The molecule has 0 saturated carbocycles. The number of Topliss-reactive ketones (excluding diaryl/α,β-unsaturated/α-hetero) is 1. The molecule has 0 aromatic heterocycles. The Morgan fingerprint density at radius 3 is 2.37 bits per heavy atom. The molecule has 1 N–H and O–H groups in total. The van der Waals surface area contributed by atoms with Crippen molar-refractivity contribution in [2.45, 2.75) is 26.2 Å². The number of rotatable bonds is 10. The largest absolute Gasteiger partial charge is 0.496 e. The molecule has 0 saturated heterocycles. The number of hydrogen-bond donors (Lipinski definition) is 1. The average Bonchev–Trinajstić information content (AvgIpc) is 2.76. The van der Waals surface area contributed by atoms with E-state index in [1.807, 2.05) is 19.1 Å². The predicted octanol–water partition coefficient (Wildman–Crippen LogP) is 3.31. The van der Waals surface area contributed by atoms with Crippen LogP contribution < -0.4 is 10.1 Å². The lowest BCUT2D eigenvalue weighted by molar-refractivity contribution is -0.384. The maximum Gasteiger partial charge on any atom is 0.306 e. The van der Waals surface area contributed by atoms with E-state index in [2.05, 4.69) is 5.32 Å². The molecule has 9 heteroatoms. The van der Waals surface area contributed by atoms with Gasteiger partial charge >= 0.3 is 5.97 Å². The number of carbonyl (C=O) groups excluding carboxylic acids is 3. The van der Waals surface area contributed by atoms with Crippen molar-refractivity contribution in [1.82, 2.24) is 0 Å². The van der Waals surface area contributed by atoms with Gasteiger partial charge in [0.25, 0.3) is 5.69 Å². The first-order valence-electron chi connectivity index (χ1n) is 9.24. The number of anilines is 1. The third-order valence-electron chi connectivity index (χ3n) is 4.28. The Morgan fingerprint density at radius 1 is 1.07 bits per heavy atom. The van der Waals surface area contributed by atoms with E-state index in [-0.39, 0.29) is 35.7 Å². The molecule has 0 bridgehead atoms. The van der Waals surface area contributed by atoms with Crippen LogP contribution in [0, 0.1) is 10.1 Å². The van der Waals surface area contributed by atoms with Crippen LogP contribution in [-0.4, -0.2) is 36.3 Å². The fourth-order valence-electron chi connectivity index (χ4n) is 2.55. The molecule has 2 aromatic carbocycles. The van der Waals surface area contributed by atoms with Gasteiger partial charge in [-0.3, -0.25) is 24.5 Å². The first kappa shape index (κ1) is 22.5. The zero-order valence-corrected chi connectivity index (χ0v) is 16.7. The van der Waals surface area contributed by atoms with Crippen molar-refractivity contribution >= 4 is 29.0 Å². The molecule has 0 fully saturated rings. The normalized spacial score (nSPS) is 10.2. The van der Waals surface area contributed by atoms with E-state index in [0.29, 0.717) is 5.56 Å². The van der Waals surface area contributed by atoms with Crippen LogP contribution in [0.25, 0.3) is 0 Å². The van der Waals surface area contributed by atoms with Gasteiger partial charge in [0.05, 0.1) is 24.5 Å². The summed E-state index contributed by atoms with van der Waals surface area (Å²) in [5.74, 6) is -1.38. The highest BCUT2D eigenvalue weighted by Gasteiger charge is 2.18. The maximum atomic E-state index is 12.1. The molecule has 0 heterocycles. The molecule has 0 aliphatic heterocycles. The van der Waals surface area contributed by atoms with Gasteiger partial charge in [0.1, 0.15) is 11.4 Å². The van der Waals surface area contributed by atoms with Crippen LogP contribution in [0.15, 0.2) is 42.5 Å². The molecular formula is C21H22N2O7. The Hall–Kier alpha value is -3.75. The number of aryl methyl sites for hydroxylation is 1. The number of carbonyl (C=O) groups is 3. The van der Waals surface area contributed by atoms with Crippen molar-refractivity contribution in [3.63, 3.8) is 0 Å². The fourth-order valence-corrected chi connectivity index (χ4v) is 2.55. The quantitative estimate of drug-likeness (QED) is 0.274. The molecule has 0 spiro atoms. The second-order valence-corrected chi connectivity index (χ2v) is 6.32. The molecule has 0 aliphatic carbocycles. The molecule has 0 aliphatic rings. The number of benzene rings is 2. The minimum atomic E-state index is -0.715. The maximum absolute atomic E-state index is 12.1. The van der Waals surface area contributed by atoms with E-state index in [0.717, 1.165) is 12.0 Å². The molecule has 9 nitrogen and oxygen atoms in total. The minimum Gasteiger partial charge on any atom is -0.496 e. The lowest BCUT2D eigenvalue weighted by Crippen LogP contribution is -2.18. The second kappa shape index (κ2) is 10.7. The van der Waals surface area contributed by atoms with E-state index in [1.54, 1.807) is 12.1 Å². The first-order chi connectivity index (χ1) is 14.3. The third-order valence-corrected chi connectivity index (χ3v) is 4.28. The highest BCUT2D eigenvalue weighted by atomic mass is 16.6. The van der Waals surface area contributed by atoms with Crippen LogP contribution in [0.1, 0.15) is 35.7 Å². The summed E-state index contributed by atoms with van der Waals surface area (Å²) in [6, 6.07) is 11.0. The summed E-state index contributed by atoms with van der Waals surface area (Å²) in [7, 11) is 1.37. The van der Waals surface area contributed by atoms with Gasteiger partial charge in [0.2, 0.25) is 5.91 Å². The van der Waals surface area contributed by atoms with Crippen LogP contribution in [0.5, 0.6) is 5.75 Å². The van der Waals surface area contributed by atoms with Crippen molar-refractivity contribution in [2.24, 2.45) is 0 Å². The Bertz CT molecular complexity index is 939. The van der Waals surface area contributed by atoms with Crippen molar-refractivity contribution in [3.8, 4) is 5.75 Å². The Morgan fingerprint density at radius 2 is 1.77 bits per heavy atom. The van der Waals surface area contributed by atoms with E-state index >= 15 is 0 Å². The highest BCUT2D eigenvalue weighted by Crippen LogP contribution is 2.29. The van der Waals surface area contributed by atoms with Crippen molar-refractivity contribution in [1.29, 1.82) is 0 Å². The number of hydrogen-bond acceptors (Lipinski definition) is 7. The van der Waals surface area contributed by atoms with E-state index < -0.39 is 23.4 Å². The monoisotopic (exact) mass is 414 g/mol. The van der Waals surface area contributed by atoms with Gasteiger partial charge in [-0.1, -0.05) is 31.2 Å². The molecule has 158 valence electrons. The lowest BCUT2D eigenvalue weighted by atomic mass is 10.1. The van der Waals surface area contributed by atoms with Gasteiger partial charge in [-0.15, -0.1) is 0 Å². The number of nitrogens with zero attached hydrogens (tertiary/aromatic N) is 1. The number of nitrogens with one attached hydrogen (secondary N) is 1. The molecule has 2 aromatic rings. The van der Waals surface area contributed by atoms with Crippen molar-refractivity contribution in [2.75, 3.05) is 19.0 Å². The van der Waals surface area contributed by atoms with Gasteiger partial charge < -0.3 is 14.8 Å². The summed E-state index contributed by atoms with van der Waals surface area (Å²) < 4.78 is 9.84. The summed E-state index contributed by atoms with van der Waals surface area (Å²) >= 11 is 0. The van der Waals surface area contributed by atoms with Crippen LogP contribution in [0.2, 0.25) is 0 Å². The van der Waals surface area contributed by atoms with Gasteiger partial charge in [-0.2, -0.15) is 0 Å². The fraction of sp³-hybridized carbons (Fsp3) is 0.286. The topological polar surface area (TPSA) is 125 Å². The van der Waals surface area contributed by atoms with Crippen LogP contribution in [0.4, 0.5) is 11.4 Å². The number of nitro groups is 1. The summed E-state index contributed by atoms with van der Waals surface area (Å²) in [6.07, 6.45) is 0.338.